The van der Waals surface area contributed by atoms with Crippen molar-refractivity contribution in [1.82, 2.24) is 10.2 Å². The predicted molar refractivity (Wildman–Crippen MR) is 82.5 cm³/mol. The number of rotatable bonds is 6. The van der Waals surface area contributed by atoms with Crippen LogP contribution in [0.4, 0.5) is 0 Å². The van der Waals surface area contributed by atoms with Gasteiger partial charge in [-0.25, -0.2) is 0 Å². The molecule has 1 heterocycles. The third-order valence-electron chi connectivity index (χ3n) is 5.26. The molecule has 21 heavy (non-hydrogen) atoms. The molecule has 1 saturated heterocycles. The van der Waals surface area contributed by atoms with Crippen molar-refractivity contribution in [3.8, 4) is 0 Å². The average Bonchev–Trinajstić information content (AvgIpc) is 2.82. The fraction of sp³-hybridized carbons (Fsp3) is 0.938. The van der Waals surface area contributed by atoms with Gasteiger partial charge in [-0.2, -0.15) is 0 Å². The molecule has 0 aromatic carbocycles. The minimum absolute atomic E-state index is 0.0565. The number of morpholine rings is 1. The van der Waals surface area contributed by atoms with Gasteiger partial charge in [-0.05, 0) is 52.1 Å². The number of carboxylic acids is 1. The minimum Gasteiger partial charge on any atom is -0.480 e. The first-order chi connectivity index (χ1) is 9.92. The zero-order chi connectivity index (χ0) is 15.5. The van der Waals surface area contributed by atoms with E-state index in [-0.39, 0.29) is 11.5 Å². The summed E-state index contributed by atoms with van der Waals surface area (Å²) >= 11 is 0. The van der Waals surface area contributed by atoms with E-state index in [1.165, 1.54) is 0 Å². The number of aliphatic carboxylic acids is 1. The van der Waals surface area contributed by atoms with E-state index < -0.39 is 11.5 Å². The Morgan fingerprint density at radius 1 is 1.48 bits per heavy atom. The summed E-state index contributed by atoms with van der Waals surface area (Å²) in [6.07, 6.45) is 3.73. The quantitative estimate of drug-likeness (QED) is 0.782. The Labute approximate surface area is 128 Å². The first-order valence-electron chi connectivity index (χ1n) is 8.23. The first-order valence-corrected chi connectivity index (χ1v) is 8.23. The summed E-state index contributed by atoms with van der Waals surface area (Å²) in [5.74, 6) is -0.443. The summed E-state index contributed by atoms with van der Waals surface area (Å²) in [4.78, 5) is 14.3. The second kappa shape index (κ2) is 6.63. The number of carboxylic acid groups (broad SMARTS) is 1. The second-order valence-electron chi connectivity index (χ2n) is 7.04. The Kier molecular flexibility index (Phi) is 5.28. The van der Waals surface area contributed by atoms with E-state index in [4.69, 9.17) is 4.74 Å². The van der Waals surface area contributed by atoms with Crippen molar-refractivity contribution in [1.29, 1.82) is 0 Å². The fourth-order valence-corrected chi connectivity index (χ4v) is 3.99. The van der Waals surface area contributed by atoms with Gasteiger partial charge in [0.25, 0.3) is 0 Å². The lowest BCUT2D eigenvalue weighted by Gasteiger charge is -2.43. The van der Waals surface area contributed by atoms with Gasteiger partial charge in [0.05, 0.1) is 13.2 Å². The van der Waals surface area contributed by atoms with Crippen molar-refractivity contribution in [2.75, 3.05) is 32.8 Å². The van der Waals surface area contributed by atoms with E-state index in [0.717, 1.165) is 52.0 Å². The SMILES string of the molecule is CCNC1(C(=O)O)CCCC1CCN1CCOCC1(C)C. The lowest BCUT2D eigenvalue weighted by atomic mass is 9.84. The van der Waals surface area contributed by atoms with Crippen LogP contribution in [-0.4, -0.2) is 59.9 Å². The van der Waals surface area contributed by atoms with E-state index in [0.29, 0.717) is 6.54 Å². The van der Waals surface area contributed by atoms with Crippen molar-refractivity contribution in [2.45, 2.75) is 57.5 Å². The van der Waals surface area contributed by atoms with E-state index in [1.807, 2.05) is 6.92 Å². The monoisotopic (exact) mass is 298 g/mol. The van der Waals surface area contributed by atoms with Crippen molar-refractivity contribution in [3.63, 3.8) is 0 Å². The molecule has 0 aromatic heterocycles. The third-order valence-corrected chi connectivity index (χ3v) is 5.26. The Morgan fingerprint density at radius 2 is 2.24 bits per heavy atom. The Bertz CT molecular complexity index is 373. The van der Waals surface area contributed by atoms with Gasteiger partial charge < -0.3 is 15.2 Å². The third kappa shape index (κ3) is 3.41. The molecule has 0 bridgehead atoms. The van der Waals surface area contributed by atoms with Gasteiger partial charge in [-0.3, -0.25) is 9.69 Å². The van der Waals surface area contributed by atoms with Crippen LogP contribution in [0.25, 0.3) is 0 Å². The Morgan fingerprint density at radius 3 is 2.86 bits per heavy atom. The van der Waals surface area contributed by atoms with Gasteiger partial charge in [0, 0.05) is 12.1 Å². The molecule has 0 amide bonds. The second-order valence-corrected chi connectivity index (χ2v) is 7.04. The molecular formula is C16H30N2O3. The van der Waals surface area contributed by atoms with Gasteiger partial charge in [-0.15, -0.1) is 0 Å². The summed E-state index contributed by atoms with van der Waals surface area (Å²) in [6, 6.07) is 0. The molecule has 1 aliphatic heterocycles. The van der Waals surface area contributed by atoms with Crippen LogP contribution in [0.15, 0.2) is 0 Å². The Balaban J connectivity index is 1.99. The maximum Gasteiger partial charge on any atom is 0.324 e. The number of ether oxygens (including phenoxy) is 1. The van der Waals surface area contributed by atoms with E-state index in [9.17, 15) is 9.90 Å². The summed E-state index contributed by atoms with van der Waals surface area (Å²) in [7, 11) is 0. The maximum atomic E-state index is 11.8. The zero-order valence-corrected chi connectivity index (χ0v) is 13.7. The number of nitrogens with zero attached hydrogens (tertiary/aromatic N) is 1. The molecule has 2 atom stereocenters. The minimum atomic E-state index is -0.703. The molecule has 2 fully saturated rings. The summed E-state index contributed by atoms with van der Waals surface area (Å²) in [5.41, 5.74) is -0.647. The standard InChI is InChI=1S/C16H30N2O3/c1-4-17-16(14(19)20)8-5-6-13(16)7-9-18-10-11-21-12-15(18,2)3/h13,17H,4-12H2,1-3H3,(H,19,20). The maximum absolute atomic E-state index is 11.8. The molecule has 122 valence electrons. The zero-order valence-electron chi connectivity index (χ0n) is 13.7. The molecule has 0 aromatic rings. The highest BCUT2D eigenvalue weighted by Gasteiger charge is 2.48. The highest BCUT2D eigenvalue weighted by molar-refractivity contribution is 5.79. The van der Waals surface area contributed by atoms with Gasteiger partial charge in [0.15, 0.2) is 0 Å². The van der Waals surface area contributed by atoms with Crippen LogP contribution in [-0.2, 0) is 9.53 Å². The van der Waals surface area contributed by atoms with E-state index in [2.05, 4.69) is 24.1 Å². The molecule has 0 radical (unpaired) electrons. The van der Waals surface area contributed by atoms with Crippen molar-refractivity contribution in [2.24, 2.45) is 5.92 Å². The summed E-state index contributed by atoms with van der Waals surface area (Å²) in [5, 5.41) is 13.0. The topological polar surface area (TPSA) is 61.8 Å². The summed E-state index contributed by atoms with van der Waals surface area (Å²) in [6.45, 7) is 10.6. The predicted octanol–water partition coefficient (Wildman–Crippen LogP) is 1.72. The van der Waals surface area contributed by atoms with Crippen molar-refractivity contribution < 1.29 is 14.6 Å². The molecule has 2 rings (SSSR count). The number of hydrogen-bond acceptors (Lipinski definition) is 4. The molecule has 2 aliphatic rings. The van der Waals surface area contributed by atoms with Crippen LogP contribution in [0.2, 0.25) is 0 Å². The molecule has 5 nitrogen and oxygen atoms in total. The van der Waals surface area contributed by atoms with Gasteiger partial charge in [0.1, 0.15) is 5.54 Å². The number of likely N-dealkylation sites (N-methyl/N-ethyl adjacent to an activating group) is 1. The first kappa shape index (κ1) is 16.7. The van der Waals surface area contributed by atoms with Crippen LogP contribution in [0.5, 0.6) is 0 Å². The highest BCUT2D eigenvalue weighted by Crippen LogP contribution is 2.38. The lowest BCUT2D eigenvalue weighted by Crippen LogP contribution is -2.57. The molecule has 1 aliphatic carbocycles. The Hall–Kier alpha value is -0.650. The van der Waals surface area contributed by atoms with Crippen LogP contribution < -0.4 is 5.32 Å². The van der Waals surface area contributed by atoms with Crippen LogP contribution in [0.1, 0.15) is 46.5 Å². The number of carbonyl (C=O) groups is 1. The normalized spacial score (nSPS) is 33.2. The lowest BCUT2D eigenvalue weighted by molar-refractivity contribution is -0.147. The fourth-order valence-electron chi connectivity index (χ4n) is 3.99. The molecule has 0 spiro atoms. The van der Waals surface area contributed by atoms with Gasteiger partial charge in [-0.1, -0.05) is 13.3 Å². The van der Waals surface area contributed by atoms with Gasteiger partial charge >= 0.3 is 5.97 Å². The molecular weight excluding hydrogens is 268 g/mol. The van der Waals surface area contributed by atoms with Crippen LogP contribution in [0.3, 0.4) is 0 Å². The summed E-state index contributed by atoms with van der Waals surface area (Å²) < 4.78 is 5.56. The average molecular weight is 298 g/mol. The number of nitrogens with one attached hydrogen (secondary N) is 1. The van der Waals surface area contributed by atoms with Crippen LogP contribution in [0, 0.1) is 5.92 Å². The van der Waals surface area contributed by atoms with E-state index in [1.54, 1.807) is 0 Å². The smallest absolute Gasteiger partial charge is 0.324 e. The van der Waals surface area contributed by atoms with Crippen molar-refractivity contribution >= 4 is 5.97 Å². The van der Waals surface area contributed by atoms with E-state index >= 15 is 0 Å². The van der Waals surface area contributed by atoms with Crippen molar-refractivity contribution in [3.05, 3.63) is 0 Å². The largest absolute Gasteiger partial charge is 0.480 e. The highest BCUT2D eigenvalue weighted by atomic mass is 16.5. The molecule has 2 N–H and O–H groups in total. The molecule has 5 heteroatoms. The van der Waals surface area contributed by atoms with Crippen LogP contribution >= 0.6 is 0 Å². The number of hydrogen-bond donors (Lipinski definition) is 2. The molecule has 2 unspecified atom stereocenters. The van der Waals surface area contributed by atoms with Gasteiger partial charge in [0.2, 0.25) is 0 Å². The molecule has 1 saturated carbocycles.